The maximum absolute atomic E-state index is 11.4. The van der Waals surface area contributed by atoms with Gasteiger partial charge < -0.3 is 34.3 Å². The molecule has 1 aliphatic heterocycles. The zero-order valence-corrected chi connectivity index (χ0v) is 14.1. The standard InChI is InChI=1S/C11H14N6O10/c1-5(18)25-8(21)4-24-11(15-17-13,27-7(3)20)9(22,14-16-12)10(8,23)26-6(2)19/h21-23H,4H2,1-3H3/t8-,9+,10+,11?/m0/s1. The van der Waals surface area contributed by atoms with Crippen molar-refractivity contribution < 1.29 is 48.7 Å². The number of esters is 3. The second-order valence-corrected chi connectivity index (χ2v) is 5.13. The maximum Gasteiger partial charge on any atom is 0.335 e. The van der Waals surface area contributed by atoms with E-state index >= 15 is 0 Å². The Balaban J connectivity index is 3.90. The summed E-state index contributed by atoms with van der Waals surface area (Å²) in [4.78, 5) is 38.5. The highest BCUT2D eigenvalue weighted by atomic mass is 16.8. The van der Waals surface area contributed by atoms with Crippen molar-refractivity contribution in [2.75, 3.05) is 6.61 Å². The number of aliphatic hydroxyl groups is 3. The Morgan fingerprint density at radius 2 is 1.41 bits per heavy atom. The first-order valence-electron chi connectivity index (χ1n) is 6.85. The highest BCUT2D eigenvalue weighted by molar-refractivity contribution is 5.69. The van der Waals surface area contributed by atoms with Crippen molar-refractivity contribution in [3.63, 3.8) is 0 Å². The van der Waals surface area contributed by atoms with Crippen LogP contribution in [0.1, 0.15) is 20.8 Å². The molecule has 27 heavy (non-hydrogen) atoms. The average Bonchev–Trinajstić information content (AvgIpc) is 2.49. The van der Waals surface area contributed by atoms with E-state index in [-0.39, 0.29) is 0 Å². The van der Waals surface area contributed by atoms with E-state index in [9.17, 15) is 29.7 Å². The molecule has 1 saturated heterocycles. The van der Waals surface area contributed by atoms with Crippen LogP contribution < -0.4 is 0 Å². The summed E-state index contributed by atoms with van der Waals surface area (Å²) < 4.78 is 18.3. The fourth-order valence-electron chi connectivity index (χ4n) is 2.24. The van der Waals surface area contributed by atoms with Crippen molar-refractivity contribution in [1.82, 2.24) is 0 Å². The zero-order valence-electron chi connectivity index (χ0n) is 14.1. The van der Waals surface area contributed by atoms with Crippen LogP contribution in [0.5, 0.6) is 0 Å². The van der Waals surface area contributed by atoms with E-state index in [0.29, 0.717) is 6.92 Å². The Labute approximate surface area is 149 Å². The molecule has 3 N–H and O–H groups in total. The number of nitrogens with zero attached hydrogens (tertiary/aromatic N) is 6. The van der Waals surface area contributed by atoms with Crippen LogP contribution in [0.2, 0.25) is 0 Å². The van der Waals surface area contributed by atoms with Gasteiger partial charge in [0.15, 0.2) is 0 Å². The lowest BCUT2D eigenvalue weighted by Gasteiger charge is -2.55. The molecule has 0 aromatic rings. The van der Waals surface area contributed by atoms with Gasteiger partial charge in [0.1, 0.15) is 6.61 Å². The number of hydrogen-bond acceptors (Lipinski definition) is 12. The summed E-state index contributed by atoms with van der Waals surface area (Å²) in [6.45, 7) is 0.845. The second-order valence-electron chi connectivity index (χ2n) is 5.13. The third kappa shape index (κ3) is 3.43. The number of rotatable bonds is 5. The lowest BCUT2D eigenvalue weighted by molar-refractivity contribution is -0.497. The summed E-state index contributed by atoms with van der Waals surface area (Å²) in [7, 11) is 0. The lowest BCUT2D eigenvalue weighted by Crippen LogP contribution is -2.82. The summed E-state index contributed by atoms with van der Waals surface area (Å²) in [6, 6.07) is 0. The van der Waals surface area contributed by atoms with Crippen LogP contribution in [0.4, 0.5) is 0 Å². The quantitative estimate of drug-likeness (QED) is 0.129. The van der Waals surface area contributed by atoms with E-state index in [1.54, 1.807) is 0 Å². The third-order valence-electron chi connectivity index (χ3n) is 3.16. The lowest BCUT2D eigenvalue weighted by atomic mass is 9.87. The van der Waals surface area contributed by atoms with E-state index in [0.717, 1.165) is 13.8 Å². The van der Waals surface area contributed by atoms with Crippen LogP contribution in [0.3, 0.4) is 0 Å². The van der Waals surface area contributed by atoms with Gasteiger partial charge in [0.05, 0.1) is 0 Å². The zero-order chi connectivity index (χ0) is 21.1. The first-order valence-corrected chi connectivity index (χ1v) is 6.85. The van der Waals surface area contributed by atoms with Crippen LogP contribution in [0.25, 0.3) is 20.9 Å². The topological polar surface area (TPSA) is 246 Å². The average molecular weight is 390 g/mol. The molecule has 1 rings (SSSR count). The van der Waals surface area contributed by atoms with Gasteiger partial charge in [-0.25, -0.2) is 0 Å². The largest absolute Gasteiger partial charge is 0.423 e. The van der Waals surface area contributed by atoms with Gasteiger partial charge in [-0.15, -0.1) is 0 Å². The molecule has 0 saturated carbocycles. The van der Waals surface area contributed by atoms with Crippen LogP contribution in [0, 0.1) is 0 Å². The molecule has 0 amide bonds. The van der Waals surface area contributed by atoms with Crippen molar-refractivity contribution >= 4 is 17.9 Å². The molecule has 1 unspecified atom stereocenters. The summed E-state index contributed by atoms with van der Waals surface area (Å²) in [6.07, 6.45) is 0. The smallest absolute Gasteiger partial charge is 0.335 e. The van der Waals surface area contributed by atoms with Crippen LogP contribution >= 0.6 is 0 Å². The van der Waals surface area contributed by atoms with E-state index in [1.807, 2.05) is 0 Å². The number of hydrogen-bond donors (Lipinski definition) is 3. The van der Waals surface area contributed by atoms with Crippen LogP contribution in [-0.4, -0.2) is 63.0 Å². The van der Waals surface area contributed by atoms with Gasteiger partial charge in [0.25, 0.3) is 5.72 Å². The van der Waals surface area contributed by atoms with Gasteiger partial charge in [0, 0.05) is 30.6 Å². The van der Waals surface area contributed by atoms with Gasteiger partial charge in [0.2, 0.25) is 0 Å². The first-order chi connectivity index (χ1) is 12.3. The molecule has 0 aliphatic carbocycles. The van der Waals surface area contributed by atoms with Gasteiger partial charge in [-0.3, -0.25) is 14.4 Å². The molecule has 16 heteroatoms. The van der Waals surface area contributed by atoms with E-state index < -0.39 is 47.7 Å². The molecule has 0 aromatic heterocycles. The molecule has 1 heterocycles. The van der Waals surface area contributed by atoms with Gasteiger partial charge >= 0.3 is 35.4 Å². The van der Waals surface area contributed by atoms with Crippen LogP contribution in [-0.2, 0) is 33.3 Å². The van der Waals surface area contributed by atoms with E-state index in [4.69, 9.17) is 15.8 Å². The Kier molecular flexibility index (Phi) is 5.88. The Hall–Kier alpha value is -3.13. The highest BCUT2D eigenvalue weighted by Crippen LogP contribution is 2.50. The Morgan fingerprint density at radius 1 is 0.926 bits per heavy atom. The van der Waals surface area contributed by atoms with Crippen molar-refractivity contribution in [3.05, 3.63) is 20.9 Å². The van der Waals surface area contributed by atoms with Crippen molar-refractivity contribution in [2.45, 2.75) is 44.0 Å². The van der Waals surface area contributed by atoms with Crippen LogP contribution in [0.15, 0.2) is 10.2 Å². The summed E-state index contributed by atoms with van der Waals surface area (Å²) >= 11 is 0. The Morgan fingerprint density at radius 3 is 1.81 bits per heavy atom. The number of carbonyl (C=O) groups excluding carboxylic acids is 3. The molecule has 4 atom stereocenters. The van der Waals surface area contributed by atoms with Crippen molar-refractivity contribution in [3.8, 4) is 0 Å². The minimum absolute atomic E-state index is 0.694. The van der Waals surface area contributed by atoms with Crippen molar-refractivity contribution in [2.24, 2.45) is 10.2 Å². The minimum Gasteiger partial charge on any atom is -0.423 e. The molecule has 0 aromatic carbocycles. The van der Waals surface area contributed by atoms with E-state index in [1.165, 1.54) is 0 Å². The predicted octanol–water partition coefficient (Wildman–Crippen LogP) is -0.954. The van der Waals surface area contributed by atoms with Gasteiger partial charge in [-0.2, -0.15) is 0 Å². The molecule has 0 radical (unpaired) electrons. The molecular weight excluding hydrogens is 376 g/mol. The highest BCUT2D eigenvalue weighted by Gasteiger charge is 2.81. The third-order valence-corrected chi connectivity index (χ3v) is 3.16. The SMILES string of the molecule is CC(=O)OC1(N=[N+]=[N-])OC[C@](O)(OC(C)=O)[C@@](O)(OC(C)=O)[C@]1(O)N=[N+]=[N-]. The maximum atomic E-state index is 11.4. The summed E-state index contributed by atoms with van der Waals surface area (Å²) in [5, 5.41) is 37.7. The summed E-state index contributed by atoms with van der Waals surface area (Å²) in [5.41, 5.74) is 13.6. The fraction of sp³-hybridized carbons (Fsp3) is 0.727. The first kappa shape index (κ1) is 21.9. The van der Waals surface area contributed by atoms with Gasteiger partial charge in [-0.05, 0) is 21.3 Å². The minimum atomic E-state index is -3.86. The normalized spacial score (nSPS) is 35.0. The predicted molar refractivity (Wildman–Crippen MR) is 77.1 cm³/mol. The molecule has 0 spiro atoms. The summed E-state index contributed by atoms with van der Waals surface area (Å²) in [5.74, 6) is -14.5. The monoisotopic (exact) mass is 390 g/mol. The second kappa shape index (κ2) is 7.24. The molecule has 148 valence electrons. The van der Waals surface area contributed by atoms with Crippen molar-refractivity contribution in [1.29, 1.82) is 0 Å². The molecule has 0 bridgehead atoms. The number of ether oxygens (including phenoxy) is 4. The van der Waals surface area contributed by atoms with Gasteiger partial charge in [-0.1, -0.05) is 0 Å². The van der Waals surface area contributed by atoms with E-state index in [2.05, 4.69) is 34.3 Å². The molecular formula is C11H14N6O10. The molecule has 1 fully saturated rings. The fourth-order valence-corrected chi connectivity index (χ4v) is 2.24. The molecule has 16 nitrogen and oxygen atoms in total. The Bertz CT molecular complexity index is 763. The molecule has 1 aliphatic rings. The number of carbonyl (C=O) groups is 3. The number of azide groups is 2.